The van der Waals surface area contributed by atoms with Crippen molar-refractivity contribution in [3.8, 4) is 0 Å². The maximum atomic E-state index is 11.4. The van der Waals surface area contributed by atoms with Crippen molar-refractivity contribution in [2.75, 3.05) is 26.2 Å². The first-order valence-corrected chi connectivity index (χ1v) is 6.17. The standard InChI is InChI=1S/C12H22N2O4/c1-12(2,3)18-11(17)13-6-9-4-5-14(7-9)8-10(15)16/h9H,4-8H2,1-3H3,(H,13,17)(H,15,16)/t9-/m1/s1. The highest BCUT2D eigenvalue weighted by Gasteiger charge is 2.25. The van der Waals surface area contributed by atoms with Crippen LogP contribution in [0.1, 0.15) is 27.2 Å². The molecule has 0 radical (unpaired) electrons. The van der Waals surface area contributed by atoms with Gasteiger partial charge in [0.15, 0.2) is 0 Å². The van der Waals surface area contributed by atoms with Crippen LogP contribution in [0.25, 0.3) is 0 Å². The van der Waals surface area contributed by atoms with Crippen LogP contribution in [-0.2, 0) is 9.53 Å². The molecule has 1 aliphatic heterocycles. The number of amides is 1. The monoisotopic (exact) mass is 258 g/mol. The highest BCUT2D eigenvalue weighted by atomic mass is 16.6. The summed E-state index contributed by atoms with van der Waals surface area (Å²) in [6.45, 7) is 7.53. The molecular weight excluding hydrogens is 236 g/mol. The molecule has 1 rings (SSSR count). The number of likely N-dealkylation sites (tertiary alicyclic amines) is 1. The zero-order chi connectivity index (χ0) is 13.8. The summed E-state index contributed by atoms with van der Waals surface area (Å²) in [6, 6.07) is 0. The third-order valence-corrected chi connectivity index (χ3v) is 2.66. The third kappa shape index (κ3) is 5.86. The van der Waals surface area contributed by atoms with Crippen LogP contribution < -0.4 is 5.32 Å². The van der Waals surface area contributed by atoms with Crippen LogP contribution in [0.4, 0.5) is 4.79 Å². The van der Waals surface area contributed by atoms with E-state index in [1.54, 1.807) is 0 Å². The van der Waals surface area contributed by atoms with Crippen LogP contribution >= 0.6 is 0 Å². The molecule has 6 heteroatoms. The average molecular weight is 258 g/mol. The summed E-state index contributed by atoms with van der Waals surface area (Å²) in [4.78, 5) is 23.9. The molecule has 0 bridgehead atoms. The minimum absolute atomic E-state index is 0.0724. The summed E-state index contributed by atoms with van der Waals surface area (Å²) in [6.07, 6.45) is 0.488. The Balaban J connectivity index is 2.21. The van der Waals surface area contributed by atoms with E-state index in [1.165, 1.54) is 0 Å². The van der Waals surface area contributed by atoms with Gasteiger partial charge in [0.05, 0.1) is 6.54 Å². The van der Waals surface area contributed by atoms with Crippen molar-refractivity contribution in [2.45, 2.75) is 32.8 Å². The number of hydrogen-bond acceptors (Lipinski definition) is 4. The lowest BCUT2D eigenvalue weighted by Crippen LogP contribution is -2.36. The van der Waals surface area contributed by atoms with Gasteiger partial charge in [-0.15, -0.1) is 0 Å². The van der Waals surface area contributed by atoms with E-state index in [2.05, 4.69) is 5.32 Å². The smallest absolute Gasteiger partial charge is 0.407 e. The Labute approximate surface area is 107 Å². The van der Waals surface area contributed by atoms with E-state index < -0.39 is 17.7 Å². The average Bonchev–Trinajstić information content (AvgIpc) is 2.59. The van der Waals surface area contributed by atoms with E-state index >= 15 is 0 Å². The molecule has 0 aromatic carbocycles. The third-order valence-electron chi connectivity index (χ3n) is 2.66. The Morgan fingerprint density at radius 3 is 2.67 bits per heavy atom. The minimum atomic E-state index is -0.809. The Bertz CT molecular complexity index is 312. The fourth-order valence-corrected chi connectivity index (χ4v) is 1.96. The van der Waals surface area contributed by atoms with Crippen LogP contribution in [0.15, 0.2) is 0 Å². The van der Waals surface area contributed by atoms with Gasteiger partial charge in [-0.3, -0.25) is 9.69 Å². The molecule has 18 heavy (non-hydrogen) atoms. The maximum Gasteiger partial charge on any atom is 0.407 e. The summed E-state index contributed by atoms with van der Waals surface area (Å²) in [7, 11) is 0. The molecule has 2 N–H and O–H groups in total. The molecule has 0 aromatic heterocycles. The minimum Gasteiger partial charge on any atom is -0.480 e. The first kappa shape index (κ1) is 14.8. The van der Waals surface area contributed by atoms with Gasteiger partial charge in [0.1, 0.15) is 5.60 Å². The predicted molar refractivity (Wildman–Crippen MR) is 66.4 cm³/mol. The second-order valence-electron chi connectivity index (χ2n) is 5.67. The van der Waals surface area contributed by atoms with Gasteiger partial charge in [-0.2, -0.15) is 0 Å². The van der Waals surface area contributed by atoms with Gasteiger partial charge in [-0.25, -0.2) is 4.79 Å². The van der Waals surface area contributed by atoms with Gasteiger partial charge in [0, 0.05) is 13.1 Å². The molecule has 1 aliphatic rings. The zero-order valence-corrected chi connectivity index (χ0v) is 11.2. The molecule has 0 saturated carbocycles. The molecule has 0 spiro atoms. The number of rotatable bonds is 4. The Kier molecular flexibility index (Phi) is 4.95. The first-order chi connectivity index (χ1) is 8.26. The van der Waals surface area contributed by atoms with E-state index in [0.717, 1.165) is 13.0 Å². The van der Waals surface area contributed by atoms with Crippen molar-refractivity contribution in [1.82, 2.24) is 10.2 Å². The number of aliphatic carboxylic acids is 1. The van der Waals surface area contributed by atoms with Gasteiger partial charge in [0.2, 0.25) is 0 Å². The maximum absolute atomic E-state index is 11.4. The van der Waals surface area contributed by atoms with Crippen molar-refractivity contribution in [2.24, 2.45) is 5.92 Å². The number of ether oxygens (including phenoxy) is 1. The molecular formula is C12H22N2O4. The lowest BCUT2D eigenvalue weighted by atomic mass is 10.1. The van der Waals surface area contributed by atoms with E-state index in [9.17, 15) is 9.59 Å². The topological polar surface area (TPSA) is 78.9 Å². The van der Waals surface area contributed by atoms with Gasteiger partial charge in [-0.1, -0.05) is 0 Å². The van der Waals surface area contributed by atoms with Crippen molar-refractivity contribution in [3.05, 3.63) is 0 Å². The highest BCUT2D eigenvalue weighted by Crippen LogP contribution is 2.15. The van der Waals surface area contributed by atoms with Crippen molar-refractivity contribution in [3.63, 3.8) is 0 Å². The Morgan fingerprint density at radius 2 is 2.11 bits per heavy atom. The van der Waals surface area contributed by atoms with Crippen LogP contribution in [0, 0.1) is 5.92 Å². The van der Waals surface area contributed by atoms with E-state index in [-0.39, 0.29) is 6.54 Å². The van der Waals surface area contributed by atoms with Gasteiger partial charge >= 0.3 is 12.1 Å². The number of carbonyl (C=O) groups is 2. The molecule has 1 amide bonds. The van der Waals surface area contributed by atoms with Crippen molar-refractivity contribution < 1.29 is 19.4 Å². The Hall–Kier alpha value is -1.30. The van der Waals surface area contributed by atoms with E-state index in [1.807, 2.05) is 25.7 Å². The summed E-state index contributed by atoms with van der Waals surface area (Å²) in [5.41, 5.74) is -0.491. The van der Waals surface area contributed by atoms with Crippen molar-refractivity contribution >= 4 is 12.1 Å². The number of carboxylic acids is 1. The molecule has 1 saturated heterocycles. The molecule has 0 aliphatic carbocycles. The summed E-state index contributed by atoms with van der Waals surface area (Å²) < 4.78 is 5.13. The molecule has 0 unspecified atom stereocenters. The number of alkyl carbamates (subject to hydrolysis) is 1. The number of nitrogens with zero attached hydrogens (tertiary/aromatic N) is 1. The fraction of sp³-hybridized carbons (Fsp3) is 0.833. The SMILES string of the molecule is CC(C)(C)OC(=O)NC[C@H]1CCN(CC(=O)O)C1. The number of hydrogen-bond donors (Lipinski definition) is 2. The normalized spacial score (nSPS) is 20.7. The van der Waals surface area contributed by atoms with Crippen LogP contribution in [-0.4, -0.2) is 53.8 Å². The quantitative estimate of drug-likeness (QED) is 0.784. The second-order valence-corrected chi connectivity index (χ2v) is 5.67. The van der Waals surface area contributed by atoms with Crippen LogP contribution in [0.5, 0.6) is 0 Å². The molecule has 1 heterocycles. The number of carbonyl (C=O) groups excluding carboxylic acids is 1. The highest BCUT2D eigenvalue weighted by molar-refractivity contribution is 5.69. The predicted octanol–water partition coefficient (Wildman–Crippen LogP) is 0.918. The van der Waals surface area contributed by atoms with Gasteiger partial charge in [0.25, 0.3) is 0 Å². The summed E-state index contributed by atoms with van der Waals surface area (Å²) in [5.74, 6) is -0.507. The largest absolute Gasteiger partial charge is 0.480 e. The second kappa shape index (κ2) is 6.04. The lowest BCUT2D eigenvalue weighted by molar-refractivity contribution is -0.138. The number of carboxylic acid groups (broad SMARTS) is 1. The van der Waals surface area contributed by atoms with Crippen LogP contribution in [0.2, 0.25) is 0 Å². The fourth-order valence-electron chi connectivity index (χ4n) is 1.96. The molecule has 6 nitrogen and oxygen atoms in total. The first-order valence-electron chi connectivity index (χ1n) is 6.17. The Morgan fingerprint density at radius 1 is 1.44 bits per heavy atom. The van der Waals surface area contributed by atoms with Gasteiger partial charge < -0.3 is 15.2 Å². The van der Waals surface area contributed by atoms with Crippen molar-refractivity contribution in [1.29, 1.82) is 0 Å². The van der Waals surface area contributed by atoms with Gasteiger partial charge in [-0.05, 0) is 39.7 Å². The van der Waals surface area contributed by atoms with E-state index in [4.69, 9.17) is 9.84 Å². The summed E-state index contributed by atoms with van der Waals surface area (Å²) in [5, 5.41) is 11.4. The lowest BCUT2D eigenvalue weighted by Gasteiger charge is -2.20. The summed E-state index contributed by atoms with van der Waals surface area (Å²) >= 11 is 0. The van der Waals surface area contributed by atoms with Crippen LogP contribution in [0.3, 0.4) is 0 Å². The zero-order valence-electron chi connectivity index (χ0n) is 11.2. The molecule has 1 atom stereocenters. The molecule has 0 aromatic rings. The molecule has 1 fully saturated rings. The van der Waals surface area contributed by atoms with E-state index in [0.29, 0.717) is 19.0 Å². The molecule has 104 valence electrons. The number of nitrogens with one attached hydrogen (secondary N) is 1.